The number of nitrogens with zero attached hydrogens (tertiary/aromatic N) is 1. The fourth-order valence-electron chi connectivity index (χ4n) is 4.50. The van der Waals surface area contributed by atoms with Crippen molar-refractivity contribution in [2.75, 3.05) is 19.7 Å². The normalized spacial score (nSPS) is 41.4. The zero-order valence-electron chi connectivity index (χ0n) is 16.2. The van der Waals surface area contributed by atoms with Gasteiger partial charge in [0.15, 0.2) is 11.6 Å². The number of hydrogen-bond donors (Lipinski definition) is 0. The van der Waals surface area contributed by atoms with Crippen molar-refractivity contribution in [2.45, 2.75) is 95.5 Å². The molecule has 0 aromatic heterocycles. The van der Waals surface area contributed by atoms with Crippen molar-refractivity contribution in [2.24, 2.45) is 0 Å². The van der Waals surface area contributed by atoms with Gasteiger partial charge in [-0.05, 0) is 47.0 Å². The summed E-state index contributed by atoms with van der Waals surface area (Å²) in [7, 11) is 0. The van der Waals surface area contributed by atoms with Crippen molar-refractivity contribution in [1.29, 1.82) is 0 Å². The molecule has 4 aliphatic rings. The van der Waals surface area contributed by atoms with Crippen LogP contribution in [0.2, 0.25) is 0 Å². The van der Waals surface area contributed by atoms with Gasteiger partial charge in [0.1, 0.15) is 24.4 Å². The maximum atomic E-state index is 6.39. The molecular weight excluding hydrogens is 354 g/mol. The fraction of sp³-hybridized carbons (Fsp3) is 0.947. The molecule has 0 aromatic carbocycles. The molecule has 148 valence electrons. The van der Waals surface area contributed by atoms with Crippen molar-refractivity contribution < 1.29 is 23.7 Å². The predicted molar refractivity (Wildman–Crippen MR) is 100 cm³/mol. The zero-order chi connectivity index (χ0) is 18.5. The van der Waals surface area contributed by atoms with E-state index in [1.807, 2.05) is 27.7 Å². The predicted octanol–water partition coefficient (Wildman–Crippen LogP) is 2.63. The molecule has 26 heavy (non-hydrogen) atoms. The van der Waals surface area contributed by atoms with E-state index in [2.05, 4.69) is 4.90 Å². The molecule has 6 nitrogen and oxygen atoms in total. The SMILES string of the molecule is CC1(C)O[C@@H]2[C@H](O1)[C@H](CC(=S)N1CCCCC1)O[C@@H]2[C@H]1COC(C)(C)O1. The van der Waals surface area contributed by atoms with Crippen molar-refractivity contribution in [1.82, 2.24) is 4.90 Å². The number of piperidine rings is 1. The van der Waals surface area contributed by atoms with Crippen LogP contribution in [0.1, 0.15) is 53.4 Å². The summed E-state index contributed by atoms with van der Waals surface area (Å²) in [4.78, 5) is 3.30. The van der Waals surface area contributed by atoms with E-state index in [0.29, 0.717) is 13.0 Å². The molecule has 4 heterocycles. The number of ether oxygens (including phenoxy) is 5. The van der Waals surface area contributed by atoms with Gasteiger partial charge in [-0.25, -0.2) is 0 Å². The highest BCUT2D eigenvalue weighted by Gasteiger charge is 2.58. The van der Waals surface area contributed by atoms with Gasteiger partial charge >= 0.3 is 0 Å². The van der Waals surface area contributed by atoms with E-state index in [1.54, 1.807) is 0 Å². The molecule has 7 heteroatoms. The highest BCUT2D eigenvalue weighted by atomic mass is 32.1. The second-order valence-electron chi connectivity index (χ2n) is 8.72. The standard InChI is InChI=1S/C19H31NO5S/c1-18(2)21-11-13(23-18)15-17-16(24-19(3,4)25-17)12(22-15)10-14(26)20-8-6-5-7-9-20/h12-13,15-17H,5-11H2,1-4H3/t12-,13+,15+,16+,17-/m0/s1. The molecule has 4 rings (SSSR count). The summed E-state index contributed by atoms with van der Waals surface area (Å²) in [5.74, 6) is -1.20. The van der Waals surface area contributed by atoms with Crippen LogP contribution in [0.5, 0.6) is 0 Å². The van der Waals surface area contributed by atoms with Gasteiger partial charge < -0.3 is 28.6 Å². The van der Waals surface area contributed by atoms with Crippen LogP contribution in [-0.2, 0) is 23.7 Å². The third kappa shape index (κ3) is 3.80. The van der Waals surface area contributed by atoms with Crippen molar-refractivity contribution in [3.05, 3.63) is 0 Å². The summed E-state index contributed by atoms with van der Waals surface area (Å²) in [6, 6.07) is 0. The third-order valence-corrected chi connectivity index (χ3v) is 6.09. The summed E-state index contributed by atoms with van der Waals surface area (Å²) in [6.45, 7) is 10.4. The van der Waals surface area contributed by atoms with Gasteiger partial charge in [-0.3, -0.25) is 0 Å². The lowest BCUT2D eigenvalue weighted by molar-refractivity contribution is -0.205. The van der Waals surface area contributed by atoms with E-state index in [9.17, 15) is 0 Å². The van der Waals surface area contributed by atoms with E-state index in [1.165, 1.54) is 19.3 Å². The highest BCUT2D eigenvalue weighted by Crippen LogP contribution is 2.43. The smallest absolute Gasteiger partial charge is 0.164 e. The summed E-state index contributed by atoms with van der Waals surface area (Å²) < 4.78 is 30.6. The number of thiocarbonyl (C=S) groups is 1. The molecule has 0 saturated carbocycles. The number of fused-ring (bicyclic) bond motifs is 1. The average molecular weight is 386 g/mol. The molecule has 0 aliphatic carbocycles. The van der Waals surface area contributed by atoms with Crippen LogP contribution in [-0.4, -0.2) is 71.7 Å². The molecule has 0 aromatic rings. The molecular formula is C19H31NO5S. The second kappa shape index (κ2) is 6.94. The van der Waals surface area contributed by atoms with Gasteiger partial charge in [0, 0.05) is 19.5 Å². The van der Waals surface area contributed by atoms with E-state index in [4.69, 9.17) is 35.9 Å². The first-order chi connectivity index (χ1) is 12.2. The van der Waals surface area contributed by atoms with Crippen LogP contribution >= 0.6 is 12.2 Å². The molecule has 0 N–H and O–H groups in total. The Morgan fingerprint density at radius 2 is 1.62 bits per heavy atom. The van der Waals surface area contributed by atoms with Crippen LogP contribution in [0.3, 0.4) is 0 Å². The Morgan fingerprint density at radius 3 is 2.27 bits per heavy atom. The van der Waals surface area contributed by atoms with Crippen molar-refractivity contribution in [3.8, 4) is 0 Å². The first kappa shape index (κ1) is 19.0. The second-order valence-corrected chi connectivity index (χ2v) is 9.19. The Bertz CT molecular complexity index is 548. The van der Waals surface area contributed by atoms with Gasteiger partial charge in [0.25, 0.3) is 0 Å². The molecule has 0 spiro atoms. The molecule has 4 aliphatic heterocycles. The molecule has 4 saturated heterocycles. The first-order valence-electron chi connectivity index (χ1n) is 9.85. The van der Waals surface area contributed by atoms with Gasteiger partial charge in [-0.15, -0.1) is 0 Å². The van der Waals surface area contributed by atoms with E-state index < -0.39 is 11.6 Å². The Balaban J connectivity index is 1.46. The van der Waals surface area contributed by atoms with Gasteiger partial charge in [-0.2, -0.15) is 0 Å². The third-order valence-electron chi connectivity index (χ3n) is 5.67. The lowest BCUT2D eigenvalue weighted by atomic mass is 10.0. The zero-order valence-corrected chi connectivity index (χ0v) is 17.0. The molecule has 0 bridgehead atoms. The Hall–Kier alpha value is -0.310. The maximum absolute atomic E-state index is 6.39. The first-order valence-corrected chi connectivity index (χ1v) is 10.3. The highest BCUT2D eigenvalue weighted by molar-refractivity contribution is 7.80. The van der Waals surface area contributed by atoms with Crippen molar-refractivity contribution in [3.63, 3.8) is 0 Å². The molecule has 0 amide bonds. The van der Waals surface area contributed by atoms with E-state index >= 15 is 0 Å². The molecule has 0 radical (unpaired) electrons. The Labute approximate surface area is 161 Å². The minimum atomic E-state index is -0.614. The maximum Gasteiger partial charge on any atom is 0.164 e. The summed E-state index contributed by atoms with van der Waals surface area (Å²) in [5.41, 5.74) is 0. The largest absolute Gasteiger partial charge is 0.366 e. The fourth-order valence-corrected chi connectivity index (χ4v) is 4.85. The molecule has 4 fully saturated rings. The lowest BCUT2D eigenvalue weighted by Gasteiger charge is -2.31. The average Bonchev–Trinajstić information content (AvgIpc) is 3.19. The van der Waals surface area contributed by atoms with Crippen LogP contribution < -0.4 is 0 Å². The van der Waals surface area contributed by atoms with Gasteiger partial charge in [0.05, 0.1) is 17.7 Å². The van der Waals surface area contributed by atoms with Gasteiger partial charge in [0.2, 0.25) is 0 Å². The minimum Gasteiger partial charge on any atom is -0.366 e. The monoisotopic (exact) mass is 385 g/mol. The quantitative estimate of drug-likeness (QED) is 0.692. The summed E-state index contributed by atoms with van der Waals surface area (Å²) >= 11 is 5.73. The summed E-state index contributed by atoms with van der Waals surface area (Å²) in [5, 5.41) is 0. The Kier molecular flexibility index (Phi) is 5.08. The van der Waals surface area contributed by atoms with Gasteiger partial charge in [-0.1, -0.05) is 12.2 Å². The minimum absolute atomic E-state index is 0.103. The summed E-state index contributed by atoms with van der Waals surface area (Å²) in [6.07, 6.45) is 3.71. The van der Waals surface area contributed by atoms with Crippen LogP contribution in [0.15, 0.2) is 0 Å². The van der Waals surface area contributed by atoms with E-state index in [-0.39, 0.29) is 30.5 Å². The number of likely N-dealkylation sites (tertiary alicyclic amines) is 1. The molecule has 5 atom stereocenters. The van der Waals surface area contributed by atoms with Crippen LogP contribution in [0, 0.1) is 0 Å². The molecule has 0 unspecified atom stereocenters. The van der Waals surface area contributed by atoms with E-state index in [0.717, 1.165) is 18.1 Å². The Morgan fingerprint density at radius 1 is 0.923 bits per heavy atom. The topological polar surface area (TPSA) is 49.4 Å². The van der Waals surface area contributed by atoms with Crippen LogP contribution in [0.25, 0.3) is 0 Å². The van der Waals surface area contributed by atoms with Crippen molar-refractivity contribution >= 4 is 17.2 Å². The number of hydrogen-bond acceptors (Lipinski definition) is 6. The van der Waals surface area contributed by atoms with Crippen LogP contribution in [0.4, 0.5) is 0 Å². The lowest BCUT2D eigenvalue weighted by Crippen LogP contribution is -2.40. The number of rotatable bonds is 3.